The predicted octanol–water partition coefficient (Wildman–Crippen LogP) is -0.622. The number of nitrogens with zero attached hydrogens (tertiary/aromatic N) is 1. The lowest BCUT2D eigenvalue weighted by Gasteiger charge is -2.17. The molecule has 1 aliphatic heterocycles. The predicted molar refractivity (Wildman–Crippen MR) is 39.6 cm³/mol. The van der Waals surface area contributed by atoms with Crippen LogP contribution in [0, 0.1) is 11.3 Å². The molecule has 1 saturated heterocycles. The fourth-order valence-electron chi connectivity index (χ4n) is 1.30. The standard InChI is InChI=1S/C7H11N3O/c1-9-6(11)7(5-8)3-2-4-10-7/h10H,2-4H2,1H3,(H,9,11). The Kier molecular flexibility index (Phi) is 2.11. The summed E-state index contributed by atoms with van der Waals surface area (Å²) in [5.74, 6) is -0.225. The van der Waals surface area contributed by atoms with Gasteiger partial charge in [-0.05, 0) is 19.4 Å². The Morgan fingerprint density at radius 2 is 2.55 bits per heavy atom. The minimum atomic E-state index is -0.950. The minimum absolute atomic E-state index is 0.225. The van der Waals surface area contributed by atoms with E-state index in [4.69, 9.17) is 5.26 Å². The smallest absolute Gasteiger partial charge is 0.254 e. The van der Waals surface area contributed by atoms with E-state index in [9.17, 15) is 4.79 Å². The fourth-order valence-corrected chi connectivity index (χ4v) is 1.30. The van der Waals surface area contributed by atoms with Gasteiger partial charge < -0.3 is 5.32 Å². The Morgan fingerprint density at radius 3 is 2.91 bits per heavy atom. The molecule has 1 rings (SSSR count). The zero-order chi connectivity index (χ0) is 8.32. The van der Waals surface area contributed by atoms with Crippen LogP contribution in [0.3, 0.4) is 0 Å². The third-order valence-electron chi connectivity index (χ3n) is 1.96. The second-order valence-corrected chi connectivity index (χ2v) is 2.63. The second-order valence-electron chi connectivity index (χ2n) is 2.63. The van der Waals surface area contributed by atoms with Gasteiger partial charge in [0, 0.05) is 7.05 Å². The van der Waals surface area contributed by atoms with Crippen LogP contribution in [0.25, 0.3) is 0 Å². The normalized spacial score (nSPS) is 29.5. The highest BCUT2D eigenvalue weighted by atomic mass is 16.2. The van der Waals surface area contributed by atoms with Gasteiger partial charge in [-0.2, -0.15) is 5.26 Å². The Morgan fingerprint density at radius 1 is 1.82 bits per heavy atom. The van der Waals surface area contributed by atoms with Crippen LogP contribution >= 0.6 is 0 Å². The SMILES string of the molecule is CNC(=O)C1(C#N)CCCN1. The monoisotopic (exact) mass is 153 g/mol. The Balaban J connectivity index is 2.76. The quantitative estimate of drug-likeness (QED) is 0.527. The van der Waals surface area contributed by atoms with Crippen molar-refractivity contribution >= 4 is 5.91 Å². The molecule has 11 heavy (non-hydrogen) atoms. The lowest BCUT2D eigenvalue weighted by Crippen LogP contribution is -2.51. The average molecular weight is 153 g/mol. The first-order valence-electron chi connectivity index (χ1n) is 3.63. The Bertz CT molecular complexity index is 200. The van der Waals surface area contributed by atoms with Crippen LogP contribution < -0.4 is 10.6 Å². The number of hydrogen-bond acceptors (Lipinski definition) is 3. The molecule has 0 aromatic carbocycles. The number of rotatable bonds is 1. The third kappa shape index (κ3) is 1.19. The Labute approximate surface area is 65.6 Å². The molecule has 60 valence electrons. The van der Waals surface area contributed by atoms with E-state index in [-0.39, 0.29) is 5.91 Å². The molecule has 0 saturated carbocycles. The molecule has 1 aliphatic rings. The average Bonchev–Trinajstić information content (AvgIpc) is 2.52. The number of amides is 1. The topological polar surface area (TPSA) is 64.9 Å². The maximum absolute atomic E-state index is 11.2. The van der Waals surface area contributed by atoms with Gasteiger partial charge in [0.05, 0.1) is 6.07 Å². The summed E-state index contributed by atoms with van der Waals surface area (Å²) >= 11 is 0. The number of hydrogen-bond donors (Lipinski definition) is 2. The van der Waals surface area contributed by atoms with Crippen LogP contribution in [-0.4, -0.2) is 25.0 Å². The molecule has 1 heterocycles. The van der Waals surface area contributed by atoms with Crippen LogP contribution in [0.5, 0.6) is 0 Å². The summed E-state index contributed by atoms with van der Waals surface area (Å²) in [6.07, 6.45) is 1.50. The molecular formula is C7H11N3O. The summed E-state index contributed by atoms with van der Waals surface area (Å²) < 4.78 is 0. The highest BCUT2D eigenvalue weighted by Gasteiger charge is 2.40. The molecule has 0 aromatic rings. The van der Waals surface area contributed by atoms with E-state index in [1.165, 1.54) is 0 Å². The highest BCUT2D eigenvalue weighted by Crippen LogP contribution is 2.17. The third-order valence-corrected chi connectivity index (χ3v) is 1.96. The van der Waals surface area contributed by atoms with E-state index in [0.29, 0.717) is 6.42 Å². The largest absolute Gasteiger partial charge is 0.357 e. The summed E-state index contributed by atoms with van der Waals surface area (Å²) in [7, 11) is 1.54. The van der Waals surface area contributed by atoms with Crippen molar-refractivity contribution in [3.63, 3.8) is 0 Å². The number of nitrogens with one attached hydrogen (secondary N) is 2. The zero-order valence-electron chi connectivity index (χ0n) is 6.48. The highest BCUT2D eigenvalue weighted by molar-refractivity contribution is 5.89. The van der Waals surface area contributed by atoms with Gasteiger partial charge in [-0.1, -0.05) is 0 Å². The van der Waals surface area contributed by atoms with Crippen LogP contribution in [0.15, 0.2) is 0 Å². The first-order valence-corrected chi connectivity index (χ1v) is 3.63. The first-order chi connectivity index (χ1) is 5.25. The van der Waals surface area contributed by atoms with Gasteiger partial charge in [-0.3, -0.25) is 10.1 Å². The number of nitriles is 1. The summed E-state index contributed by atoms with van der Waals surface area (Å²) in [4.78, 5) is 11.2. The summed E-state index contributed by atoms with van der Waals surface area (Å²) in [5, 5.41) is 14.1. The Hall–Kier alpha value is -1.08. The summed E-state index contributed by atoms with van der Waals surface area (Å²) in [6.45, 7) is 0.751. The molecule has 1 fully saturated rings. The van der Waals surface area contributed by atoms with Crippen molar-refractivity contribution in [2.24, 2.45) is 0 Å². The second kappa shape index (κ2) is 2.89. The van der Waals surface area contributed by atoms with Gasteiger partial charge in [-0.25, -0.2) is 0 Å². The summed E-state index contributed by atoms with van der Waals surface area (Å²) in [5.41, 5.74) is -0.950. The van der Waals surface area contributed by atoms with Crippen molar-refractivity contribution in [2.45, 2.75) is 18.4 Å². The number of carbonyl (C=O) groups is 1. The van der Waals surface area contributed by atoms with Gasteiger partial charge in [0.1, 0.15) is 0 Å². The van der Waals surface area contributed by atoms with E-state index >= 15 is 0 Å². The molecule has 4 nitrogen and oxygen atoms in total. The fraction of sp³-hybridized carbons (Fsp3) is 0.714. The summed E-state index contributed by atoms with van der Waals surface area (Å²) in [6, 6.07) is 2.00. The molecule has 0 aliphatic carbocycles. The van der Waals surface area contributed by atoms with Crippen LogP contribution in [0.4, 0.5) is 0 Å². The molecule has 2 N–H and O–H groups in total. The van der Waals surface area contributed by atoms with Crippen molar-refractivity contribution < 1.29 is 4.79 Å². The van der Waals surface area contributed by atoms with Crippen molar-refractivity contribution in [1.82, 2.24) is 10.6 Å². The molecule has 0 radical (unpaired) electrons. The van der Waals surface area contributed by atoms with Crippen LogP contribution in [0.2, 0.25) is 0 Å². The molecule has 0 bridgehead atoms. The molecule has 0 spiro atoms. The number of likely N-dealkylation sites (N-methyl/N-ethyl adjacent to an activating group) is 1. The molecule has 0 aromatic heterocycles. The number of carbonyl (C=O) groups excluding carboxylic acids is 1. The zero-order valence-corrected chi connectivity index (χ0v) is 6.48. The van der Waals surface area contributed by atoms with Crippen LogP contribution in [0.1, 0.15) is 12.8 Å². The van der Waals surface area contributed by atoms with Gasteiger partial charge >= 0.3 is 0 Å². The van der Waals surface area contributed by atoms with Crippen molar-refractivity contribution in [3.05, 3.63) is 0 Å². The van der Waals surface area contributed by atoms with Gasteiger partial charge in [-0.15, -0.1) is 0 Å². The van der Waals surface area contributed by atoms with E-state index in [1.54, 1.807) is 7.05 Å². The van der Waals surface area contributed by atoms with Gasteiger partial charge in [0.2, 0.25) is 0 Å². The maximum atomic E-state index is 11.2. The van der Waals surface area contributed by atoms with Crippen molar-refractivity contribution in [1.29, 1.82) is 5.26 Å². The van der Waals surface area contributed by atoms with Crippen LogP contribution in [-0.2, 0) is 4.79 Å². The molecule has 4 heteroatoms. The lowest BCUT2D eigenvalue weighted by atomic mass is 9.99. The van der Waals surface area contributed by atoms with Crippen molar-refractivity contribution in [3.8, 4) is 6.07 Å². The molecule has 1 atom stereocenters. The van der Waals surface area contributed by atoms with E-state index in [0.717, 1.165) is 13.0 Å². The first kappa shape index (κ1) is 8.02. The van der Waals surface area contributed by atoms with Gasteiger partial charge in [0.25, 0.3) is 5.91 Å². The molecule has 1 amide bonds. The lowest BCUT2D eigenvalue weighted by molar-refractivity contribution is -0.124. The van der Waals surface area contributed by atoms with E-state index < -0.39 is 5.54 Å². The minimum Gasteiger partial charge on any atom is -0.357 e. The van der Waals surface area contributed by atoms with Crippen molar-refractivity contribution in [2.75, 3.05) is 13.6 Å². The molecular weight excluding hydrogens is 142 g/mol. The maximum Gasteiger partial charge on any atom is 0.254 e. The van der Waals surface area contributed by atoms with E-state index in [1.807, 2.05) is 6.07 Å². The van der Waals surface area contributed by atoms with E-state index in [2.05, 4.69) is 10.6 Å². The molecule has 1 unspecified atom stereocenters. The van der Waals surface area contributed by atoms with Gasteiger partial charge in [0.15, 0.2) is 5.54 Å².